The van der Waals surface area contributed by atoms with Crippen molar-refractivity contribution >= 4 is 16.5 Å². The molecule has 0 fully saturated rings. The van der Waals surface area contributed by atoms with Gasteiger partial charge in [0.05, 0.1) is 12.2 Å². The van der Waals surface area contributed by atoms with Gasteiger partial charge in [-0.2, -0.15) is 4.98 Å². The lowest BCUT2D eigenvalue weighted by molar-refractivity contribution is 0.379. The number of hydrogen-bond donors (Lipinski definition) is 1. The smallest absolute Gasteiger partial charge is 0.246 e. The number of nitrogens with one attached hydrogen (secondary N) is 1. The van der Waals surface area contributed by atoms with E-state index in [9.17, 15) is 0 Å². The second-order valence-corrected chi connectivity index (χ2v) is 3.94. The Labute approximate surface area is 91.5 Å². The number of anilines is 1. The maximum absolute atomic E-state index is 4.97. The fourth-order valence-corrected chi connectivity index (χ4v) is 1.91. The van der Waals surface area contributed by atoms with E-state index in [0.29, 0.717) is 18.3 Å². The topological polar surface area (TPSA) is 63.8 Å². The zero-order valence-electron chi connectivity index (χ0n) is 8.65. The van der Waals surface area contributed by atoms with Crippen LogP contribution in [0.5, 0.6) is 0 Å². The highest BCUT2D eigenvalue weighted by atomic mass is 32.1. The molecule has 2 aromatic rings. The Balaban J connectivity index is 1.93. The molecule has 0 saturated heterocycles. The fourth-order valence-electron chi connectivity index (χ4n) is 1.11. The first-order chi connectivity index (χ1) is 7.28. The molecular weight excluding hydrogens is 212 g/mol. The zero-order chi connectivity index (χ0) is 10.7. The average Bonchev–Trinajstić information content (AvgIpc) is 2.83. The fraction of sp³-hybridized carbons (Fsp3) is 0.444. The molecule has 0 saturated carbocycles. The summed E-state index contributed by atoms with van der Waals surface area (Å²) < 4.78 is 4.97. The molecule has 0 atom stereocenters. The van der Waals surface area contributed by atoms with Crippen LogP contribution in [0.1, 0.15) is 24.3 Å². The first kappa shape index (κ1) is 10.1. The minimum absolute atomic E-state index is 0.525. The third kappa shape index (κ3) is 2.53. The number of nitrogens with zero attached hydrogens (tertiary/aromatic N) is 3. The Morgan fingerprint density at radius 2 is 2.33 bits per heavy atom. The molecule has 15 heavy (non-hydrogen) atoms. The van der Waals surface area contributed by atoms with Crippen LogP contribution in [0.2, 0.25) is 0 Å². The van der Waals surface area contributed by atoms with E-state index in [0.717, 1.165) is 17.2 Å². The second kappa shape index (κ2) is 4.39. The number of thiazole rings is 1. The zero-order valence-corrected chi connectivity index (χ0v) is 9.47. The predicted octanol–water partition coefficient (Wildman–Crippen LogP) is 2.01. The van der Waals surface area contributed by atoms with Gasteiger partial charge in [0, 0.05) is 5.38 Å². The van der Waals surface area contributed by atoms with Gasteiger partial charge in [0.25, 0.3) is 0 Å². The Morgan fingerprint density at radius 3 is 2.93 bits per heavy atom. The van der Waals surface area contributed by atoms with E-state index in [-0.39, 0.29) is 0 Å². The van der Waals surface area contributed by atoms with Gasteiger partial charge in [-0.1, -0.05) is 12.1 Å². The molecule has 0 unspecified atom stereocenters. The van der Waals surface area contributed by atoms with Crippen LogP contribution in [-0.4, -0.2) is 15.1 Å². The van der Waals surface area contributed by atoms with E-state index in [1.54, 1.807) is 18.3 Å². The highest BCUT2D eigenvalue weighted by Gasteiger charge is 2.04. The molecular formula is C9H12N4OS. The highest BCUT2D eigenvalue weighted by molar-refractivity contribution is 7.13. The van der Waals surface area contributed by atoms with Crippen molar-refractivity contribution in [2.45, 2.75) is 26.8 Å². The van der Waals surface area contributed by atoms with Crippen molar-refractivity contribution in [3.8, 4) is 0 Å². The molecule has 0 aliphatic heterocycles. The van der Waals surface area contributed by atoms with Gasteiger partial charge < -0.3 is 9.84 Å². The normalized spacial score (nSPS) is 10.5. The van der Waals surface area contributed by atoms with Crippen molar-refractivity contribution in [3.05, 3.63) is 22.8 Å². The van der Waals surface area contributed by atoms with Crippen LogP contribution in [0.4, 0.5) is 5.13 Å². The summed E-state index contributed by atoms with van der Waals surface area (Å²) in [5, 5.41) is 9.78. The summed E-state index contributed by atoms with van der Waals surface area (Å²) >= 11 is 1.59. The molecule has 0 bridgehead atoms. The van der Waals surface area contributed by atoms with Crippen LogP contribution in [0.25, 0.3) is 0 Å². The lowest BCUT2D eigenvalue weighted by Gasteiger charge is -1.95. The second-order valence-electron chi connectivity index (χ2n) is 3.09. The summed E-state index contributed by atoms with van der Waals surface area (Å²) in [5.74, 6) is 1.24. The number of hydrogen-bond acceptors (Lipinski definition) is 6. The summed E-state index contributed by atoms with van der Waals surface area (Å²) in [7, 11) is 0. The third-order valence-electron chi connectivity index (χ3n) is 1.87. The van der Waals surface area contributed by atoms with Crippen LogP contribution in [0.3, 0.4) is 0 Å². The molecule has 0 spiro atoms. The Kier molecular flexibility index (Phi) is 2.96. The van der Waals surface area contributed by atoms with Crippen molar-refractivity contribution in [1.29, 1.82) is 0 Å². The van der Waals surface area contributed by atoms with E-state index in [2.05, 4.69) is 27.4 Å². The van der Waals surface area contributed by atoms with E-state index >= 15 is 0 Å². The van der Waals surface area contributed by atoms with Gasteiger partial charge in [-0.25, -0.2) is 4.98 Å². The quantitative estimate of drug-likeness (QED) is 0.860. The van der Waals surface area contributed by atoms with E-state index in [1.165, 1.54) is 0 Å². The third-order valence-corrected chi connectivity index (χ3v) is 2.72. The molecule has 2 aromatic heterocycles. The number of rotatable bonds is 4. The van der Waals surface area contributed by atoms with E-state index < -0.39 is 0 Å². The van der Waals surface area contributed by atoms with Crippen LogP contribution >= 0.6 is 11.3 Å². The lowest BCUT2D eigenvalue weighted by Crippen LogP contribution is -1.99. The first-order valence-corrected chi connectivity index (χ1v) is 5.63. The maximum atomic E-state index is 4.97. The molecule has 0 radical (unpaired) electrons. The van der Waals surface area contributed by atoms with Crippen LogP contribution < -0.4 is 5.32 Å². The Morgan fingerprint density at radius 1 is 1.47 bits per heavy atom. The molecule has 80 valence electrons. The van der Waals surface area contributed by atoms with Crippen LogP contribution in [-0.2, 0) is 13.0 Å². The van der Waals surface area contributed by atoms with Crippen molar-refractivity contribution in [3.63, 3.8) is 0 Å². The SMILES string of the molecule is CCc1csc(NCc2nc(C)no2)n1. The molecule has 0 amide bonds. The highest BCUT2D eigenvalue weighted by Crippen LogP contribution is 2.16. The van der Waals surface area contributed by atoms with E-state index in [1.807, 2.05) is 5.38 Å². The van der Waals surface area contributed by atoms with Crippen LogP contribution in [0, 0.1) is 6.92 Å². The van der Waals surface area contributed by atoms with Gasteiger partial charge in [0.2, 0.25) is 5.89 Å². The molecule has 0 aliphatic rings. The largest absolute Gasteiger partial charge is 0.352 e. The summed E-state index contributed by atoms with van der Waals surface area (Å²) in [6, 6.07) is 0. The summed E-state index contributed by atoms with van der Waals surface area (Å²) in [6.07, 6.45) is 0.956. The van der Waals surface area contributed by atoms with Crippen molar-refractivity contribution in [2.75, 3.05) is 5.32 Å². The molecule has 2 heterocycles. The summed E-state index contributed by atoms with van der Waals surface area (Å²) in [4.78, 5) is 8.46. The monoisotopic (exact) mass is 224 g/mol. The van der Waals surface area contributed by atoms with Gasteiger partial charge >= 0.3 is 0 Å². The lowest BCUT2D eigenvalue weighted by atomic mass is 10.4. The molecule has 2 rings (SSSR count). The van der Waals surface area contributed by atoms with Gasteiger partial charge in [0.1, 0.15) is 0 Å². The Hall–Kier alpha value is -1.43. The summed E-state index contributed by atoms with van der Waals surface area (Å²) in [6.45, 7) is 4.41. The van der Waals surface area contributed by atoms with Crippen molar-refractivity contribution < 1.29 is 4.52 Å². The van der Waals surface area contributed by atoms with Gasteiger partial charge in [0.15, 0.2) is 11.0 Å². The molecule has 5 nitrogen and oxygen atoms in total. The van der Waals surface area contributed by atoms with Gasteiger partial charge in [-0.3, -0.25) is 0 Å². The van der Waals surface area contributed by atoms with E-state index in [4.69, 9.17) is 4.52 Å². The standard InChI is InChI=1S/C9H12N4OS/c1-3-7-5-15-9(12-7)10-4-8-11-6(2)13-14-8/h5H,3-4H2,1-2H3,(H,10,12). The molecule has 0 aromatic carbocycles. The molecule has 1 N–H and O–H groups in total. The van der Waals surface area contributed by atoms with Crippen molar-refractivity contribution in [1.82, 2.24) is 15.1 Å². The predicted molar refractivity (Wildman–Crippen MR) is 57.9 cm³/mol. The maximum Gasteiger partial charge on any atom is 0.246 e. The van der Waals surface area contributed by atoms with Gasteiger partial charge in [-0.15, -0.1) is 11.3 Å². The summed E-state index contributed by atoms with van der Waals surface area (Å²) in [5.41, 5.74) is 1.10. The molecule has 0 aliphatic carbocycles. The Bertz CT molecular complexity index is 437. The average molecular weight is 224 g/mol. The minimum Gasteiger partial charge on any atom is -0.352 e. The first-order valence-electron chi connectivity index (χ1n) is 4.75. The molecule has 6 heteroatoms. The van der Waals surface area contributed by atoms with Crippen molar-refractivity contribution in [2.24, 2.45) is 0 Å². The minimum atomic E-state index is 0.525. The number of aryl methyl sites for hydroxylation is 2. The van der Waals surface area contributed by atoms with Crippen LogP contribution in [0.15, 0.2) is 9.90 Å². The van der Waals surface area contributed by atoms with Gasteiger partial charge in [-0.05, 0) is 13.3 Å². The number of aromatic nitrogens is 3.